The van der Waals surface area contributed by atoms with E-state index in [9.17, 15) is 51.6 Å². The molecule has 0 heterocycles. The van der Waals surface area contributed by atoms with E-state index in [1.165, 1.54) is 60.7 Å². The molecular weight excluding hydrogens is 885 g/mol. The molecule has 1 aliphatic rings. The lowest BCUT2D eigenvalue weighted by Gasteiger charge is -2.28. The fourth-order valence-electron chi connectivity index (χ4n) is 6.63. The molecule has 3 aromatic rings. The summed E-state index contributed by atoms with van der Waals surface area (Å²) in [6.07, 6.45) is 13.5. The van der Waals surface area contributed by atoms with Crippen LogP contribution in [0.5, 0.6) is 0 Å². The molecule has 4 rings (SSSR count). The van der Waals surface area contributed by atoms with Gasteiger partial charge in [-0.2, -0.15) is 21.0 Å². The van der Waals surface area contributed by atoms with Crippen molar-refractivity contribution in [2.75, 3.05) is 46.2 Å². The lowest BCUT2D eigenvalue weighted by atomic mass is 9.90. The average Bonchev–Trinajstić information content (AvgIpc) is 3.65. The van der Waals surface area contributed by atoms with E-state index >= 15 is 0 Å². The van der Waals surface area contributed by atoms with Gasteiger partial charge in [-0.1, -0.05) is 66.8 Å². The molecule has 3 aromatic carbocycles. The Hall–Kier alpha value is -8.01. The summed E-state index contributed by atoms with van der Waals surface area (Å²) in [6, 6.07) is 30.7. The molecule has 0 amide bonds. The van der Waals surface area contributed by atoms with Crippen molar-refractivity contribution in [3.8, 4) is 30.3 Å². The van der Waals surface area contributed by atoms with E-state index in [4.69, 9.17) is 6.57 Å². The molecule has 0 aromatic heterocycles. The predicted molar refractivity (Wildman–Crippen MR) is 249 cm³/mol. The predicted octanol–water partition coefficient (Wildman–Crippen LogP) is 6.82. The summed E-state index contributed by atoms with van der Waals surface area (Å²) in [4.78, 5) is 5.26. The van der Waals surface area contributed by atoms with Gasteiger partial charge in [0.1, 0.15) is 0 Å². The molecule has 65 heavy (non-hydrogen) atoms. The van der Waals surface area contributed by atoms with Gasteiger partial charge in [-0.05, 0) is 83.7 Å². The summed E-state index contributed by atoms with van der Waals surface area (Å²) in [5, 5.41) is 50.3. The van der Waals surface area contributed by atoms with E-state index in [0.29, 0.717) is 35.4 Å². The van der Waals surface area contributed by atoms with Gasteiger partial charge < -0.3 is 4.90 Å². The number of hydrogen-bond acceptors (Lipinski definition) is 12. The molecular formula is C46H40N10O6S3. The largest absolute Gasteiger partial charge is 0.340 e. The number of rotatable bonds is 18. The van der Waals surface area contributed by atoms with Gasteiger partial charge >= 0.3 is 0 Å². The van der Waals surface area contributed by atoms with E-state index < -0.39 is 36.0 Å². The normalized spacial score (nSPS) is 14.7. The minimum atomic E-state index is -3.59. The van der Waals surface area contributed by atoms with Gasteiger partial charge in [-0.15, -0.1) is 0 Å². The highest BCUT2D eigenvalue weighted by atomic mass is 32.2. The molecule has 0 unspecified atom stereocenters. The smallest absolute Gasteiger partial charge is 0.270 e. The first-order valence-corrected chi connectivity index (χ1v) is 24.8. The molecule has 0 atom stereocenters. The zero-order valence-corrected chi connectivity index (χ0v) is 37.6. The topological polar surface area (TPSA) is 265 Å². The zero-order valence-electron chi connectivity index (χ0n) is 35.2. The quantitative estimate of drug-likeness (QED) is 0.0674. The lowest BCUT2D eigenvalue weighted by Crippen LogP contribution is -2.34. The Morgan fingerprint density at radius 2 is 1.34 bits per heavy atom. The van der Waals surface area contributed by atoms with Gasteiger partial charge in [0.2, 0.25) is 30.1 Å². The summed E-state index contributed by atoms with van der Waals surface area (Å²) >= 11 is 0. The van der Waals surface area contributed by atoms with Crippen molar-refractivity contribution in [1.82, 2.24) is 4.72 Å². The van der Waals surface area contributed by atoms with Crippen LogP contribution in [-0.2, 0) is 30.1 Å². The molecule has 0 fully saturated rings. The van der Waals surface area contributed by atoms with Crippen LogP contribution < -0.4 is 19.1 Å². The van der Waals surface area contributed by atoms with Crippen LogP contribution in [0.25, 0.3) is 16.0 Å². The Bertz CT molecular complexity index is 3120. The maximum atomic E-state index is 12.1. The Morgan fingerprint density at radius 1 is 0.754 bits per heavy atom. The Kier molecular flexibility index (Phi) is 17.1. The number of nitriles is 5. The van der Waals surface area contributed by atoms with Crippen molar-refractivity contribution in [3.63, 3.8) is 0 Å². The number of sulfonamides is 3. The molecule has 1 aliphatic carbocycles. The Morgan fingerprint density at radius 3 is 1.83 bits per heavy atom. The maximum Gasteiger partial charge on any atom is 0.270 e. The van der Waals surface area contributed by atoms with Crippen LogP contribution in [0.2, 0.25) is 0 Å². The summed E-state index contributed by atoms with van der Waals surface area (Å²) in [5.74, 6) is -1.36. The lowest BCUT2D eigenvalue weighted by molar-refractivity contribution is 0.587. The number of para-hydroxylation sites is 1. The van der Waals surface area contributed by atoms with Gasteiger partial charge in [0.25, 0.3) is 5.70 Å². The molecule has 0 bridgehead atoms. The van der Waals surface area contributed by atoms with Gasteiger partial charge in [-0.25, -0.2) is 40.1 Å². The van der Waals surface area contributed by atoms with E-state index in [1.807, 2.05) is 53.4 Å². The fourth-order valence-corrected chi connectivity index (χ4v) is 8.22. The Balaban J connectivity index is 1.90. The van der Waals surface area contributed by atoms with Crippen molar-refractivity contribution in [2.24, 2.45) is 5.92 Å². The molecule has 3 N–H and O–H groups in total. The Labute approximate surface area is 379 Å². The molecule has 0 radical (unpaired) electrons. The van der Waals surface area contributed by atoms with E-state index in [-0.39, 0.29) is 52.5 Å². The molecule has 0 aliphatic heterocycles. The van der Waals surface area contributed by atoms with Crippen LogP contribution in [0.1, 0.15) is 24.0 Å². The van der Waals surface area contributed by atoms with Crippen LogP contribution in [-0.4, -0.2) is 57.1 Å². The average molecular weight is 925 g/mol. The molecule has 0 spiro atoms. The second-order valence-electron chi connectivity index (χ2n) is 14.1. The third-order valence-electron chi connectivity index (χ3n) is 9.21. The summed E-state index contributed by atoms with van der Waals surface area (Å²) < 4.78 is 78.5. The van der Waals surface area contributed by atoms with E-state index in [1.54, 1.807) is 24.3 Å². The van der Waals surface area contributed by atoms with Crippen LogP contribution >= 0.6 is 0 Å². The first-order valence-electron chi connectivity index (χ1n) is 19.1. The maximum absolute atomic E-state index is 12.1. The minimum absolute atomic E-state index is 0.00448. The number of benzene rings is 3. The monoisotopic (exact) mass is 924 g/mol. The van der Waals surface area contributed by atoms with Crippen molar-refractivity contribution in [3.05, 3.63) is 172 Å². The highest BCUT2D eigenvalue weighted by Crippen LogP contribution is 2.38. The number of hydrogen-bond donors (Lipinski definition) is 3. The fraction of sp³-hybridized carbons (Fsp3) is 0.174. The van der Waals surface area contributed by atoms with Gasteiger partial charge in [0.05, 0.1) is 66.8 Å². The summed E-state index contributed by atoms with van der Waals surface area (Å²) in [5.41, 5.74) is 3.75. The van der Waals surface area contributed by atoms with Crippen LogP contribution in [0.4, 0.5) is 17.1 Å². The molecule has 0 saturated heterocycles. The standard InChI is InChI=1S/C46H40N10O6S3/c1-52-43(32-51)45(34-20-24-41(25-21-34)55-65(4,61)62)38(29-48)13-9-11-36-17-16-35(46(36)56(27-26-53-63(2,57)58)42-14-6-5-7-15-42)10-8-12-37(28-47)44(39(30-49)31-50)33-18-22-40(23-19-33)54-64(3,59)60/h5-15,18-25,39,53-55H,16-17,26-27H2,2-4H3. The minimum Gasteiger partial charge on any atom is -0.340 e. The first-order chi connectivity index (χ1) is 30.8. The molecule has 328 valence electrons. The van der Waals surface area contributed by atoms with E-state index in [2.05, 4.69) is 31.1 Å². The third kappa shape index (κ3) is 14.5. The van der Waals surface area contributed by atoms with Gasteiger partial charge in [0.15, 0.2) is 5.92 Å². The van der Waals surface area contributed by atoms with Crippen molar-refractivity contribution < 1.29 is 25.3 Å². The SMILES string of the molecule is [C-]#[N+]C(C#N)=C(C(C#N)=CC=CC1=C(N(CCNS(C)(=O)=O)c2ccccc2)C(=CC=CC(C#N)=C(c2ccc(NS(C)(=O)=O)cc2)C(C#N)C#N)CC1)c1ccc(NS(C)(=O)=O)cc1. The van der Waals surface area contributed by atoms with Crippen LogP contribution in [0.3, 0.4) is 0 Å². The van der Waals surface area contributed by atoms with Crippen LogP contribution in [0.15, 0.2) is 149 Å². The highest BCUT2D eigenvalue weighted by Gasteiger charge is 2.25. The number of nitrogens with zero attached hydrogens (tertiary/aromatic N) is 7. The van der Waals surface area contributed by atoms with Crippen molar-refractivity contribution in [1.29, 1.82) is 26.3 Å². The van der Waals surface area contributed by atoms with Crippen molar-refractivity contribution >= 4 is 58.3 Å². The van der Waals surface area contributed by atoms with E-state index in [0.717, 1.165) is 29.9 Å². The van der Waals surface area contributed by atoms with Gasteiger partial charge in [0, 0.05) is 47.0 Å². The highest BCUT2D eigenvalue weighted by molar-refractivity contribution is 7.92. The summed E-state index contributed by atoms with van der Waals surface area (Å²) in [6.45, 7) is 7.83. The second-order valence-corrected chi connectivity index (χ2v) is 19.4. The van der Waals surface area contributed by atoms with Gasteiger partial charge in [-0.3, -0.25) is 9.44 Å². The first kappa shape index (κ1) is 49.6. The van der Waals surface area contributed by atoms with Crippen LogP contribution in [0, 0.1) is 69.1 Å². The third-order valence-corrected chi connectivity index (χ3v) is 11.1. The molecule has 0 saturated carbocycles. The summed E-state index contributed by atoms with van der Waals surface area (Å²) in [7, 11) is -10.8. The number of anilines is 3. The number of allylic oxidation sites excluding steroid dienone is 13. The zero-order chi connectivity index (χ0) is 47.8. The second kappa shape index (κ2) is 22.4. The molecule has 16 nitrogen and oxygen atoms in total. The number of nitrogens with one attached hydrogen (secondary N) is 3. The van der Waals surface area contributed by atoms with Crippen molar-refractivity contribution in [2.45, 2.75) is 12.8 Å². The molecule has 19 heteroatoms.